The van der Waals surface area contributed by atoms with E-state index in [0.717, 1.165) is 28.2 Å². The second-order valence-electron chi connectivity index (χ2n) is 7.56. The lowest BCUT2D eigenvalue weighted by molar-refractivity contribution is 0.0812. The highest BCUT2D eigenvalue weighted by Gasteiger charge is 2.43. The number of hydrogen-bond donors (Lipinski definition) is 0. The summed E-state index contributed by atoms with van der Waals surface area (Å²) < 4.78 is 1.72. The summed E-state index contributed by atoms with van der Waals surface area (Å²) in [5.74, 6) is 0.372. The van der Waals surface area contributed by atoms with Gasteiger partial charge in [-0.25, -0.2) is 4.98 Å². The lowest BCUT2D eigenvalue weighted by atomic mass is 10.0. The minimum atomic E-state index is -0.980. The van der Waals surface area contributed by atoms with Crippen LogP contribution in [0.5, 0.6) is 0 Å². The van der Waals surface area contributed by atoms with E-state index in [-0.39, 0.29) is 5.91 Å². The van der Waals surface area contributed by atoms with Gasteiger partial charge in [0.05, 0.1) is 17.1 Å². The third-order valence-corrected chi connectivity index (χ3v) is 6.47. The van der Waals surface area contributed by atoms with E-state index in [1.807, 2.05) is 97.9 Å². The van der Waals surface area contributed by atoms with Crippen molar-refractivity contribution in [3.8, 4) is 22.5 Å². The second kappa shape index (κ2) is 7.96. The van der Waals surface area contributed by atoms with E-state index >= 15 is 0 Å². The van der Waals surface area contributed by atoms with Crippen molar-refractivity contribution in [1.29, 1.82) is 0 Å². The van der Waals surface area contributed by atoms with Crippen molar-refractivity contribution in [3.63, 3.8) is 0 Å². The molecular weight excluding hydrogens is 404 g/mol. The van der Waals surface area contributed by atoms with Gasteiger partial charge >= 0.3 is 0 Å². The lowest BCUT2D eigenvalue weighted by Gasteiger charge is -2.28. The van der Waals surface area contributed by atoms with E-state index in [1.54, 1.807) is 4.57 Å². The van der Waals surface area contributed by atoms with Gasteiger partial charge in [-0.1, -0.05) is 90.6 Å². The maximum atomic E-state index is 13.8. The van der Waals surface area contributed by atoms with Gasteiger partial charge in [0.1, 0.15) is 0 Å². The SMILES string of the molecule is CC1(N=Nc2ccccc2)CSc2nc(-c3ccccc3)c(-c3ccccc3)n2C1=O. The zero-order valence-electron chi connectivity index (χ0n) is 17.0. The third kappa shape index (κ3) is 3.59. The molecule has 0 saturated heterocycles. The minimum absolute atomic E-state index is 0.116. The Hall–Kier alpha value is -3.51. The maximum Gasteiger partial charge on any atom is 0.263 e. The smallest absolute Gasteiger partial charge is 0.263 e. The maximum absolute atomic E-state index is 13.8. The van der Waals surface area contributed by atoms with Crippen molar-refractivity contribution in [2.45, 2.75) is 17.6 Å². The molecule has 1 unspecified atom stereocenters. The fourth-order valence-electron chi connectivity index (χ4n) is 3.59. The summed E-state index contributed by atoms with van der Waals surface area (Å²) in [5.41, 5.74) is 3.26. The van der Waals surface area contributed by atoms with E-state index in [1.165, 1.54) is 11.8 Å². The van der Waals surface area contributed by atoms with Crippen LogP contribution in [0, 0.1) is 0 Å². The molecule has 0 bridgehead atoms. The van der Waals surface area contributed by atoms with Crippen LogP contribution in [0.3, 0.4) is 0 Å². The minimum Gasteiger partial charge on any atom is -0.271 e. The Balaban J connectivity index is 1.64. The summed E-state index contributed by atoms with van der Waals surface area (Å²) in [4.78, 5) is 18.6. The fourth-order valence-corrected chi connectivity index (χ4v) is 4.64. The number of imidazole rings is 1. The first-order valence-electron chi connectivity index (χ1n) is 10.0. The molecule has 2 heterocycles. The van der Waals surface area contributed by atoms with Gasteiger partial charge in [-0.15, -0.1) is 0 Å². The largest absolute Gasteiger partial charge is 0.271 e. The molecule has 1 aromatic heterocycles. The summed E-state index contributed by atoms with van der Waals surface area (Å²) in [6, 6.07) is 29.4. The van der Waals surface area contributed by atoms with E-state index in [0.29, 0.717) is 10.9 Å². The predicted molar refractivity (Wildman–Crippen MR) is 124 cm³/mol. The fraction of sp³-hybridized carbons (Fsp3) is 0.120. The van der Waals surface area contributed by atoms with Gasteiger partial charge in [0.15, 0.2) is 10.7 Å². The van der Waals surface area contributed by atoms with E-state index in [2.05, 4.69) is 10.2 Å². The molecule has 3 aromatic carbocycles. The molecule has 0 aliphatic carbocycles. The Morgan fingerprint density at radius 1 is 0.871 bits per heavy atom. The summed E-state index contributed by atoms with van der Waals surface area (Å²) in [7, 11) is 0. The molecular formula is C25H20N4OS. The van der Waals surface area contributed by atoms with Gasteiger partial charge in [-0.2, -0.15) is 10.2 Å². The van der Waals surface area contributed by atoms with Crippen LogP contribution >= 0.6 is 11.8 Å². The highest BCUT2D eigenvalue weighted by Crippen LogP contribution is 2.41. The van der Waals surface area contributed by atoms with Crippen molar-refractivity contribution in [3.05, 3.63) is 91.0 Å². The molecule has 0 saturated carbocycles. The Morgan fingerprint density at radius 3 is 2.10 bits per heavy atom. The molecule has 5 nitrogen and oxygen atoms in total. The topological polar surface area (TPSA) is 59.6 Å². The van der Waals surface area contributed by atoms with E-state index < -0.39 is 5.54 Å². The Morgan fingerprint density at radius 2 is 1.45 bits per heavy atom. The van der Waals surface area contributed by atoms with Crippen molar-refractivity contribution >= 4 is 23.4 Å². The first-order chi connectivity index (χ1) is 15.2. The molecule has 5 rings (SSSR count). The van der Waals surface area contributed by atoms with Gasteiger partial charge < -0.3 is 0 Å². The quantitative estimate of drug-likeness (QED) is 0.351. The summed E-state index contributed by atoms with van der Waals surface area (Å²) in [5, 5.41) is 9.53. The van der Waals surface area contributed by atoms with Crippen LogP contribution in [0.1, 0.15) is 11.7 Å². The average Bonchev–Trinajstić information content (AvgIpc) is 3.22. The molecule has 31 heavy (non-hydrogen) atoms. The number of nitrogens with zero attached hydrogens (tertiary/aromatic N) is 4. The summed E-state index contributed by atoms with van der Waals surface area (Å²) in [6.45, 7) is 1.84. The van der Waals surface area contributed by atoms with Crippen LogP contribution in [-0.4, -0.2) is 26.8 Å². The standard InChI is InChI=1S/C25H20N4OS/c1-25(28-27-20-15-9-4-10-16-20)17-31-24-26-21(18-11-5-2-6-12-18)22(29(24)23(25)30)19-13-7-3-8-14-19/h2-16H,17H2,1H3. The van der Waals surface area contributed by atoms with Gasteiger partial charge in [0.25, 0.3) is 5.91 Å². The molecule has 1 atom stereocenters. The number of carbonyl (C=O) groups is 1. The molecule has 0 radical (unpaired) electrons. The molecule has 0 amide bonds. The predicted octanol–water partition coefficient (Wildman–Crippen LogP) is 6.51. The number of carbonyl (C=O) groups excluding carboxylic acids is 1. The van der Waals surface area contributed by atoms with Crippen LogP contribution in [0.15, 0.2) is 106 Å². The Labute approximate surface area is 184 Å². The zero-order chi connectivity index (χ0) is 21.3. The normalized spacial score (nSPS) is 18.3. The Kier molecular flexibility index (Phi) is 5.00. The van der Waals surface area contributed by atoms with Crippen molar-refractivity contribution in [2.75, 3.05) is 5.75 Å². The Bertz CT molecular complexity index is 1250. The molecule has 1 aliphatic rings. The number of aromatic nitrogens is 2. The summed E-state index contributed by atoms with van der Waals surface area (Å²) in [6.07, 6.45) is 0. The third-order valence-electron chi connectivity index (χ3n) is 5.23. The molecule has 6 heteroatoms. The number of benzene rings is 3. The van der Waals surface area contributed by atoms with Crippen molar-refractivity contribution in [2.24, 2.45) is 10.2 Å². The number of azo groups is 1. The zero-order valence-corrected chi connectivity index (χ0v) is 17.8. The number of thioether (sulfide) groups is 1. The number of rotatable bonds is 4. The van der Waals surface area contributed by atoms with Crippen LogP contribution < -0.4 is 0 Å². The van der Waals surface area contributed by atoms with Crippen LogP contribution in [-0.2, 0) is 0 Å². The van der Waals surface area contributed by atoms with Crippen molar-refractivity contribution < 1.29 is 4.79 Å². The second-order valence-corrected chi connectivity index (χ2v) is 8.50. The van der Waals surface area contributed by atoms with Crippen LogP contribution in [0.2, 0.25) is 0 Å². The van der Waals surface area contributed by atoms with Gasteiger partial charge in [-0.05, 0) is 19.1 Å². The first kappa shape index (κ1) is 19.5. The van der Waals surface area contributed by atoms with Crippen molar-refractivity contribution in [1.82, 2.24) is 9.55 Å². The monoisotopic (exact) mass is 424 g/mol. The van der Waals surface area contributed by atoms with Gasteiger partial charge in [0.2, 0.25) is 0 Å². The lowest BCUT2D eigenvalue weighted by Crippen LogP contribution is -2.43. The molecule has 1 aliphatic heterocycles. The molecule has 0 N–H and O–H groups in total. The average molecular weight is 425 g/mol. The van der Waals surface area contributed by atoms with Gasteiger partial charge in [-0.3, -0.25) is 9.36 Å². The molecule has 0 fully saturated rings. The highest BCUT2D eigenvalue weighted by molar-refractivity contribution is 7.99. The highest BCUT2D eigenvalue weighted by atomic mass is 32.2. The van der Waals surface area contributed by atoms with E-state index in [4.69, 9.17) is 4.98 Å². The molecule has 0 spiro atoms. The van der Waals surface area contributed by atoms with Crippen LogP contribution in [0.4, 0.5) is 5.69 Å². The molecule has 152 valence electrons. The van der Waals surface area contributed by atoms with Crippen LogP contribution in [0.25, 0.3) is 22.5 Å². The number of fused-ring (bicyclic) bond motifs is 1. The summed E-state index contributed by atoms with van der Waals surface area (Å²) >= 11 is 1.54. The molecule has 4 aromatic rings. The van der Waals surface area contributed by atoms with E-state index in [9.17, 15) is 4.79 Å². The number of hydrogen-bond acceptors (Lipinski definition) is 5. The van der Waals surface area contributed by atoms with Gasteiger partial charge in [0, 0.05) is 16.9 Å². The first-order valence-corrected chi connectivity index (χ1v) is 11.0.